The topological polar surface area (TPSA) is 76.0 Å². The molecule has 7 heteroatoms. The lowest BCUT2D eigenvalue weighted by Gasteiger charge is -2.16. The molecule has 3 rings (SSSR count). The number of likely N-dealkylation sites (tertiary alicyclic amines) is 1. The summed E-state index contributed by atoms with van der Waals surface area (Å²) < 4.78 is 7.24. The van der Waals surface area contributed by atoms with E-state index in [9.17, 15) is 4.79 Å². The molecule has 1 aliphatic heterocycles. The predicted molar refractivity (Wildman–Crippen MR) is 80.6 cm³/mol. The molecule has 3 heterocycles. The molecule has 0 bridgehead atoms. The lowest BCUT2D eigenvalue weighted by Crippen LogP contribution is -2.30. The van der Waals surface area contributed by atoms with Crippen molar-refractivity contribution in [1.82, 2.24) is 24.9 Å². The molecule has 118 valence electrons. The zero-order valence-corrected chi connectivity index (χ0v) is 13.1. The highest BCUT2D eigenvalue weighted by Crippen LogP contribution is 2.29. The summed E-state index contributed by atoms with van der Waals surface area (Å²) in [5.41, 5.74) is 2.59. The first-order valence-corrected chi connectivity index (χ1v) is 7.48. The summed E-state index contributed by atoms with van der Waals surface area (Å²) in [7, 11) is 3.51. The first kappa shape index (κ1) is 14.8. The summed E-state index contributed by atoms with van der Waals surface area (Å²) in [4.78, 5) is 17.7. The van der Waals surface area contributed by atoms with E-state index in [-0.39, 0.29) is 17.9 Å². The van der Waals surface area contributed by atoms with Crippen LogP contribution in [-0.4, -0.2) is 57.1 Å². The quantitative estimate of drug-likeness (QED) is 0.913. The largest absolute Gasteiger partial charge is 0.379 e. The van der Waals surface area contributed by atoms with Crippen molar-refractivity contribution in [2.24, 2.45) is 7.05 Å². The van der Waals surface area contributed by atoms with Crippen molar-refractivity contribution in [3.8, 4) is 0 Å². The van der Waals surface area contributed by atoms with Gasteiger partial charge in [-0.05, 0) is 12.5 Å². The zero-order valence-electron chi connectivity index (χ0n) is 13.1. The highest BCUT2D eigenvalue weighted by molar-refractivity contribution is 5.95. The van der Waals surface area contributed by atoms with Crippen molar-refractivity contribution >= 4 is 5.91 Å². The molecule has 0 aliphatic carbocycles. The monoisotopic (exact) mass is 303 g/mol. The molecular formula is C15H21N5O2. The average Bonchev–Trinajstić information content (AvgIpc) is 3.24. The Hall–Kier alpha value is -2.15. The molecule has 2 aromatic heterocycles. The number of ether oxygens (including phenoxy) is 1. The number of nitrogens with one attached hydrogen (secondary N) is 1. The van der Waals surface area contributed by atoms with Crippen molar-refractivity contribution < 1.29 is 9.53 Å². The normalized spacial score (nSPS) is 21.5. The van der Waals surface area contributed by atoms with Crippen molar-refractivity contribution in [2.75, 3.05) is 20.2 Å². The summed E-state index contributed by atoms with van der Waals surface area (Å²) in [5.74, 6) is 0.109. The van der Waals surface area contributed by atoms with Crippen LogP contribution < -0.4 is 0 Å². The number of H-pyrrole nitrogens is 1. The third kappa shape index (κ3) is 2.52. The minimum atomic E-state index is -0.0512. The van der Waals surface area contributed by atoms with Gasteiger partial charge in [-0.3, -0.25) is 9.48 Å². The van der Waals surface area contributed by atoms with Crippen LogP contribution >= 0.6 is 0 Å². The van der Waals surface area contributed by atoms with E-state index < -0.39 is 0 Å². The molecule has 0 spiro atoms. The molecule has 2 aromatic rings. The lowest BCUT2D eigenvalue weighted by atomic mass is 10.0. The van der Waals surface area contributed by atoms with Crippen LogP contribution in [0.2, 0.25) is 0 Å². The van der Waals surface area contributed by atoms with Gasteiger partial charge in [0.25, 0.3) is 5.91 Å². The Morgan fingerprint density at radius 2 is 2.32 bits per heavy atom. The minimum Gasteiger partial charge on any atom is -0.379 e. The van der Waals surface area contributed by atoms with Gasteiger partial charge >= 0.3 is 0 Å². The number of carbonyl (C=O) groups excluding carboxylic acids is 1. The van der Waals surface area contributed by atoms with Crippen LogP contribution in [0.15, 0.2) is 18.5 Å². The first-order valence-electron chi connectivity index (χ1n) is 7.48. The Labute approximate surface area is 129 Å². The summed E-state index contributed by atoms with van der Waals surface area (Å²) in [6.07, 6.45) is 4.46. The van der Waals surface area contributed by atoms with Crippen molar-refractivity contribution in [3.05, 3.63) is 35.4 Å². The van der Waals surface area contributed by atoms with Gasteiger partial charge in [0.2, 0.25) is 0 Å². The van der Waals surface area contributed by atoms with Gasteiger partial charge in [0.05, 0.1) is 23.3 Å². The summed E-state index contributed by atoms with van der Waals surface area (Å²) in [5, 5.41) is 8.15. The third-order valence-corrected chi connectivity index (χ3v) is 4.27. The maximum atomic E-state index is 12.7. The number of rotatable bonds is 4. The Morgan fingerprint density at radius 1 is 1.50 bits per heavy atom. The van der Waals surface area contributed by atoms with E-state index in [1.807, 2.05) is 37.3 Å². The van der Waals surface area contributed by atoms with Gasteiger partial charge in [-0.2, -0.15) is 0 Å². The SMILES string of the molecule is CCc1[nH]ccc1C(=O)N1C[C@@H](OC)[C@H](c2cn(C)nn2)C1. The van der Waals surface area contributed by atoms with Crippen LogP contribution in [0.25, 0.3) is 0 Å². The van der Waals surface area contributed by atoms with Gasteiger partial charge < -0.3 is 14.6 Å². The number of methoxy groups -OCH3 is 1. The highest BCUT2D eigenvalue weighted by atomic mass is 16.5. The van der Waals surface area contributed by atoms with E-state index in [0.29, 0.717) is 13.1 Å². The van der Waals surface area contributed by atoms with E-state index in [2.05, 4.69) is 15.3 Å². The second-order valence-corrected chi connectivity index (χ2v) is 5.63. The second-order valence-electron chi connectivity index (χ2n) is 5.63. The van der Waals surface area contributed by atoms with Gasteiger partial charge in [-0.1, -0.05) is 12.1 Å². The Morgan fingerprint density at radius 3 is 2.95 bits per heavy atom. The van der Waals surface area contributed by atoms with Gasteiger partial charge in [-0.15, -0.1) is 5.10 Å². The number of aryl methyl sites for hydroxylation is 2. The van der Waals surface area contributed by atoms with Crippen LogP contribution in [0.4, 0.5) is 0 Å². The fourth-order valence-corrected chi connectivity index (χ4v) is 3.06. The number of hydrogen-bond acceptors (Lipinski definition) is 4. The van der Waals surface area contributed by atoms with Gasteiger partial charge in [0.15, 0.2) is 0 Å². The van der Waals surface area contributed by atoms with E-state index >= 15 is 0 Å². The van der Waals surface area contributed by atoms with Crippen LogP contribution in [0, 0.1) is 0 Å². The van der Waals surface area contributed by atoms with Crippen molar-refractivity contribution in [1.29, 1.82) is 0 Å². The average molecular weight is 303 g/mol. The molecular weight excluding hydrogens is 282 g/mol. The van der Waals surface area contributed by atoms with Crippen molar-refractivity contribution in [3.63, 3.8) is 0 Å². The Bertz CT molecular complexity index is 662. The number of aromatic amines is 1. The molecule has 0 radical (unpaired) electrons. The number of amides is 1. The van der Waals surface area contributed by atoms with Gasteiger partial charge in [-0.25, -0.2) is 0 Å². The number of nitrogens with zero attached hydrogens (tertiary/aromatic N) is 4. The summed E-state index contributed by atoms with van der Waals surface area (Å²) in [6, 6.07) is 1.85. The van der Waals surface area contributed by atoms with E-state index in [1.54, 1.807) is 11.8 Å². The fraction of sp³-hybridized carbons (Fsp3) is 0.533. The van der Waals surface area contributed by atoms with Crippen LogP contribution in [0.1, 0.15) is 34.6 Å². The molecule has 1 aliphatic rings. The lowest BCUT2D eigenvalue weighted by molar-refractivity contribution is 0.0713. The molecule has 1 saturated heterocycles. The number of aromatic nitrogens is 4. The van der Waals surface area contributed by atoms with Crippen molar-refractivity contribution in [2.45, 2.75) is 25.4 Å². The molecule has 2 atom stereocenters. The molecule has 0 unspecified atom stereocenters. The summed E-state index contributed by atoms with van der Waals surface area (Å²) >= 11 is 0. The number of hydrogen-bond donors (Lipinski definition) is 1. The number of carbonyl (C=O) groups is 1. The third-order valence-electron chi connectivity index (χ3n) is 4.27. The van der Waals surface area contributed by atoms with E-state index in [4.69, 9.17) is 4.74 Å². The molecule has 7 nitrogen and oxygen atoms in total. The molecule has 1 fully saturated rings. The molecule has 0 aromatic carbocycles. The van der Waals surface area contributed by atoms with Gasteiger partial charge in [0, 0.05) is 45.3 Å². The maximum Gasteiger partial charge on any atom is 0.255 e. The first-order chi connectivity index (χ1) is 10.6. The van der Waals surface area contributed by atoms with Crippen LogP contribution in [0.3, 0.4) is 0 Å². The standard InChI is InChI=1S/C15H21N5O2/c1-4-12-10(5-6-16-12)15(21)20-7-11(14(9-20)22-3)13-8-19(2)18-17-13/h5-6,8,11,14,16H,4,7,9H2,1-3H3/t11-,14+/m0/s1. The fourth-order valence-electron chi connectivity index (χ4n) is 3.06. The molecule has 22 heavy (non-hydrogen) atoms. The zero-order chi connectivity index (χ0) is 15.7. The summed E-state index contributed by atoms with van der Waals surface area (Å²) in [6.45, 7) is 3.21. The Balaban J connectivity index is 1.80. The van der Waals surface area contributed by atoms with Crippen LogP contribution in [-0.2, 0) is 18.2 Å². The van der Waals surface area contributed by atoms with Gasteiger partial charge in [0.1, 0.15) is 0 Å². The minimum absolute atomic E-state index is 0.0477. The van der Waals surface area contributed by atoms with Crippen LogP contribution in [0.5, 0.6) is 0 Å². The highest BCUT2D eigenvalue weighted by Gasteiger charge is 2.38. The predicted octanol–water partition coefficient (Wildman–Crippen LogP) is 0.960. The smallest absolute Gasteiger partial charge is 0.255 e. The molecule has 1 N–H and O–H groups in total. The maximum absolute atomic E-state index is 12.7. The molecule has 1 amide bonds. The second kappa shape index (κ2) is 5.92. The van der Waals surface area contributed by atoms with E-state index in [0.717, 1.165) is 23.4 Å². The Kier molecular flexibility index (Phi) is 3.98. The molecule has 0 saturated carbocycles. The van der Waals surface area contributed by atoms with E-state index in [1.165, 1.54) is 0 Å².